The van der Waals surface area contributed by atoms with Gasteiger partial charge in [-0.25, -0.2) is 4.98 Å². The second-order valence-corrected chi connectivity index (χ2v) is 3.81. The number of nitrogens with zero attached hydrogens (tertiary/aromatic N) is 2. The Labute approximate surface area is 83.5 Å². The molecule has 1 aliphatic rings. The van der Waals surface area contributed by atoms with E-state index in [4.69, 9.17) is 9.84 Å². The molecular formula is C10H16N2O2. The molecule has 78 valence electrons. The van der Waals surface area contributed by atoms with Crippen molar-refractivity contribution in [3.63, 3.8) is 0 Å². The lowest BCUT2D eigenvalue weighted by Crippen LogP contribution is -2.26. The fourth-order valence-electron chi connectivity index (χ4n) is 2.01. The van der Waals surface area contributed by atoms with E-state index in [1.807, 2.05) is 0 Å². The van der Waals surface area contributed by atoms with Gasteiger partial charge in [0.2, 0.25) is 0 Å². The lowest BCUT2D eigenvalue weighted by molar-refractivity contribution is 0.00489. The number of hydrogen-bond donors (Lipinski definition) is 1. The molecule has 1 saturated heterocycles. The molecule has 0 saturated carbocycles. The van der Waals surface area contributed by atoms with Crippen molar-refractivity contribution >= 4 is 0 Å². The lowest BCUT2D eigenvalue weighted by atomic mass is 10.0. The zero-order chi connectivity index (χ0) is 9.97. The maximum absolute atomic E-state index is 9.11. The van der Waals surface area contributed by atoms with Crippen LogP contribution in [-0.4, -0.2) is 27.4 Å². The van der Waals surface area contributed by atoms with Crippen molar-refractivity contribution in [1.82, 2.24) is 9.55 Å². The van der Waals surface area contributed by atoms with Gasteiger partial charge in [-0.15, -0.1) is 0 Å². The van der Waals surface area contributed by atoms with Crippen molar-refractivity contribution in [3.8, 4) is 0 Å². The van der Waals surface area contributed by atoms with Crippen molar-refractivity contribution < 1.29 is 9.84 Å². The van der Waals surface area contributed by atoms with E-state index in [0.717, 1.165) is 25.1 Å². The molecule has 1 aliphatic heterocycles. The molecule has 0 radical (unpaired) electrons. The Bertz CT molecular complexity index is 298. The fourth-order valence-corrected chi connectivity index (χ4v) is 2.01. The van der Waals surface area contributed by atoms with Crippen LogP contribution in [0.3, 0.4) is 0 Å². The smallest absolute Gasteiger partial charge is 0.0951 e. The van der Waals surface area contributed by atoms with Gasteiger partial charge in [0.1, 0.15) is 0 Å². The van der Waals surface area contributed by atoms with Crippen LogP contribution in [0.4, 0.5) is 0 Å². The highest BCUT2D eigenvalue weighted by Crippen LogP contribution is 2.25. The van der Waals surface area contributed by atoms with Crippen molar-refractivity contribution in [2.75, 3.05) is 6.61 Å². The number of hydrogen-bond acceptors (Lipinski definition) is 3. The molecule has 1 N–H and O–H groups in total. The summed E-state index contributed by atoms with van der Waals surface area (Å²) in [5, 5.41) is 9.11. The van der Waals surface area contributed by atoms with Crippen molar-refractivity contribution in [2.24, 2.45) is 0 Å². The summed E-state index contributed by atoms with van der Waals surface area (Å²) >= 11 is 0. The molecular weight excluding hydrogens is 180 g/mol. The molecule has 0 aromatic carbocycles. The van der Waals surface area contributed by atoms with Crippen LogP contribution >= 0.6 is 0 Å². The number of rotatable bonds is 2. The first-order valence-electron chi connectivity index (χ1n) is 5.04. The molecule has 0 amide bonds. The van der Waals surface area contributed by atoms with Gasteiger partial charge in [-0.3, -0.25) is 0 Å². The zero-order valence-corrected chi connectivity index (χ0v) is 8.39. The molecule has 2 atom stereocenters. The van der Waals surface area contributed by atoms with Gasteiger partial charge in [0.15, 0.2) is 0 Å². The lowest BCUT2D eigenvalue weighted by Gasteiger charge is -2.29. The van der Waals surface area contributed by atoms with Crippen LogP contribution in [0.1, 0.15) is 31.5 Å². The average Bonchev–Trinajstić information content (AvgIpc) is 2.65. The predicted octanol–water partition coefficient (Wildman–Crippen LogP) is 1.12. The highest BCUT2D eigenvalue weighted by molar-refractivity contribution is 4.99. The molecule has 0 aliphatic carbocycles. The van der Waals surface area contributed by atoms with E-state index < -0.39 is 0 Å². The van der Waals surface area contributed by atoms with Crippen LogP contribution in [0.5, 0.6) is 0 Å². The number of ether oxygens (including phenoxy) is 1. The van der Waals surface area contributed by atoms with Crippen molar-refractivity contribution in [3.05, 3.63) is 18.2 Å². The maximum Gasteiger partial charge on any atom is 0.0951 e. The van der Waals surface area contributed by atoms with E-state index >= 15 is 0 Å². The first-order valence-corrected chi connectivity index (χ1v) is 5.04. The minimum absolute atomic E-state index is 0.0612. The van der Waals surface area contributed by atoms with Crippen LogP contribution in [0.15, 0.2) is 12.5 Å². The van der Waals surface area contributed by atoms with E-state index in [1.165, 1.54) is 0 Å². The van der Waals surface area contributed by atoms with Gasteiger partial charge in [0.05, 0.1) is 30.9 Å². The standard InChI is InChI=1S/C10H16N2O2/c1-8-4-9(2-3-14-8)12-7-11-5-10(12)6-13/h5,7-9,13H,2-4,6H2,1H3. The molecule has 2 heterocycles. The predicted molar refractivity (Wildman–Crippen MR) is 51.8 cm³/mol. The second-order valence-electron chi connectivity index (χ2n) is 3.81. The third kappa shape index (κ3) is 1.81. The number of aliphatic hydroxyl groups excluding tert-OH is 1. The Morgan fingerprint density at radius 2 is 2.57 bits per heavy atom. The number of aliphatic hydroxyl groups is 1. The Balaban J connectivity index is 2.13. The summed E-state index contributed by atoms with van der Waals surface area (Å²) in [5.41, 5.74) is 0.893. The second kappa shape index (κ2) is 4.11. The Morgan fingerprint density at radius 1 is 1.71 bits per heavy atom. The molecule has 0 bridgehead atoms. The Kier molecular flexibility index (Phi) is 2.84. The quantitative estimate of drug-likeness (QED) is 0.771. The summed E-state index contributed by atoms with van der Waals surface area (Å²) in [7, 11) is 0. The average molecular weight is 196 g/mol. The van der Waals surface area contributed by atoms with Gasteiger partial charge in [0, 0.05) is 12.6 Å². The SMILES string of the molecule is CC1CC(n2cncc2CO)CCO1. The minimum atomic E-state index is 0.0612. The third-order valence-corrected chi connectivity index (χ3v) is 2.76. The van der Waals surface area contributed by atoms with Gasteiger partial charge in [-0.1, -0.05) is 0 Å². The zero-order valence-electron chi connectivity index (χ0n) is 8.39. The maximum atomic E-state index is 9.11. The van der Waals surface area contributed by atoms with Crippen LogP contribution in [0, 0.1) is 0 Å². The topological polar surface area (TPSA) is 47.3 Å². The van der Waals surface area contributed by atoms with Gasteiger partial charge < -0.3 is 14.4 Å². The summed E-state index contributed by atoms with van der Waals surface area (Å²) in [6, 6.07) is 0.434. The molecule has 4 heteroatoms. The van der Waals surface area contributed by atoms with Gasteiger partial charge in [-0.2, -0.15) is 0 Å². The number of aromatic nitrogens is 2. The highest BCUT2D eigenvalue weighted by atomic mass is 16.5. The first-order chi connectivity index (χ1) is 6.81. The number of imidazole rings is 1. The highest BCUT2D eigenvalue weighted by Gasteiger charge is 2.21. The van der Waals surface area contributed by atoms with E-state index in [1.54, 1.807) is 12.5 Å². The molecule has 14 heavy (non-hydrogen) atoms. The van der Waals surface area contributed by atoms with Crippen LogP contribution in [0.2, 0.25) is 0 Å². The van der Waals surface area contributed by atoms with E-state index in [2.05, 4.69) is 16.5 Å². The minimum Gasteiger partial charge on any atom is -0.390 e. The summed E-state index contributed by atoms with van der Waals surface area (Å²) in [5.74, 6) is 0. The van der Waals surface area contributed by atoms with Gasteiger partial charge >= 0.3 is 0 Å². The van der Waals surface area contributed by atoms with E-state index in [-0.39, 0.29) is 6.61 Å². The monoisotopic (exact) mass is 196 g/mol. The van der Waals surface area contributed by atoms with E-state index in [0.29, 0.717) is 12.1 Å². The summed E-state index contributed by atoms with van der Waals surface area (Å²) in [6.07, 6.45) is 5.84. The summed E-state index contributed by atoms with van der Waals surface area (Å²) in [4.78, 5) is 4.06. The van der Waals surface area contributed by atoms with Crippen LogP contribution in [0.25, 0.3) is 0 Å². The molecule has 1 aromatic rings. The summed E-state index contributed by atoms with van der Waals surface area (Å²) in [6.45, 7) is 2.95. The van der Waals surface area contributed by atoms with Crippen LogP contribution in [-0.2, 0) is 11.3 Å². The van der Waals surface area contributed by atoms with Crippen LogP contribution < -0.4 is 0 Å². The van der Waals surface area contributed by atoms with Crippen molar-refractivity contribution in [2.45, 2.75) is 38.5 Å². The fraction of sp³-hybridized carbons (Fsp3) is 0.700. The Hall–Kier alpha value is -0.870. The first kappa shape index (κ1) is 9.68. The normalized spacial score (nSPS) is 27.9. The molecule has 4 nitrogen and oxygen atoms in total. The Morgan fingerprint density at radius 3 is 3.29 bits per heavy atom. The molecule has 0 spiro atoms. The van der Waals surface area contributed by atoms with E-state index in [9.17, 15) is 0 Å². The molecule has 1 aromatic heterocycles. The summed E-state index contributed by atoms with van der Waals surface area (Å²) < 4.78 is 7.55. The molecule has 2 unspecified atom stereocenters. The van der Waals surface area contributed by atoms with Gasteiger partial charge in [-0.05, 0) is 19.8 Å². The van der Waals surface area contributed by atoms with Crippen molar-refractivity contribution in [1.29, 1.82) is 0 Å². The van der Waals surface area contributed by atoms with Gasteiger partial charge in [0.25, 0.3) is 0 Å². The molecule has 2 rings (SSSR count). The molecule has 1 fully saturated rings. The largest absolute Gasteiger partial charge is 0.390 e. The third-order valence-electron chi connectivity index (χ3n) is 2.76.